The topological polar surface area (TPSA) is 26.0 Å². The number of unbranched alkanes of at least 4 members (excludes halogenated alkanes) is 3. The lowest BCUT2D eigenvalue weighted by Crippen LogP contribution is -1.97. The van der Waals surface area contributed by atoms with Crippen LogP contribution in [0.1, 0.15) is 32.6 Å². The van der Waals surface area contributed by atoms with Crippen molar-refractivity contribution in [2.75, 3.05) is 6.54 Å². The maximum Gasteiger partial charge on any atom is 0 e. The first-order valence-electron chi connectivity index (χ1n) is 3.12. The molecule has 0 aromatic heterocycles. The molecular formula is C6H15BN. The van der Waals surface area contributed by atoms with Gasteiger partial charge in [0.2, 0.25) is 0 Å². The first kappa shape index (κ1) is 10.9. The normalized spacial score (nSPS) is 8.25. The molecule has 0 aromatic carbocycles. The maximum atomic E-state index is 5.27. The molecular weight excluding hydrogens is 96.9 g/mol. The molecule has 2 heteroatoms. The Morgan fingerprint density at radius 1 is 1.12 bits per heavy atom. The molecule has 0 unspecified atom stereocenters. The number of nitrogens with two attached hydrogens (primary N) is 1. The molecule has 0 saturated heterocycles. The lowest BCUT2D eigenvalue weighted by Gasteiger charge is -1.90. The van der Waals surface area contributed by atoms with Crippen LogP contribution in [0, 0.1) is 0 Å². The molecule has 47 valence electrons. The molecule has 0 aliphatic heterocycles. The second-order valence-electron chi connectivity index (χ2n) is 1.85. The van der Waals surface area contributed by atoms with Crippen molar-refractivity contribution >= 4 is 8.41 Å². The van der Waals surface area contributed by atoms with Crippen LogP contribution in [0.15, 0.2) is 0 Å². The highest BCUT2D eigenvalue weighted by Gasteiger charge is 1.80. The Balaban J connectivity index is 0. The molecule has 0 amide bonds. The lowest BCUT2D eigenvalue weighted by molar-refractivity contribution is 0.674. The molecule has 0 aliphatic rings. The third-order valence-electron chi connectivity index (χ3n) is 1.06. The molecule has 8 heavy (non-hydrogen) atoms. The summed E-state index contributed by atoms with van der Waals surface area (Å²) in [5, 5.41) is 0. The van der Waals surface area contributed by atoms with E-state index in [2.05, 4.69) is 6.92 Å². The summed E-state index contributed by atoms with van der Waals surface area (Å²) in [4.78, 5) is 0. The quantitative estimate of drug-likeness (QED) is 0.428. The zero-order valence-electron chi connectivity index (χ0n) is 5.69. The van der Waals surface area contributed by atoms with E-state index in [9.17, 15) is 0 Å². The average Bonchev–Trinajstić information content (AvgIpc) is 1.69. The van der Waals surface area contributed by atoms with Crippen molar-refractivity contribution in [2.24, 2.45) is 5.73 Å². The predicted octanol–water partition coefficient (Wildman–Crippen LogP) is 1.14. The molecule has 0 saturated carbocycles. The fourth-order valence-corrected chi connectivity index (χ4v) is 0.571. The molecule has 0 bridgehead atoms. The van der Waals surface area contributed by atoms with Gasteiger partial charge in [0.25, 0.3) is 0 Å². The van der Waals surface area contributed by atoms with Gasteiger partial charge in [-0.1, -0.05) is 26.2 Å². The van der Waals surface area contributed by atoms with Crippen LogP contribution >= 0.6 is 0 Å². The summed E-state index contributed by atoms with van der Waals surface area (Å²) in [6, 6.07) is 0. The Hall–Kier alpha value is 0.0249. The molecule has 2 N–H and O–H groups in total. The van der Waals surface area contributed by atoms with Gasteiger partial charge in [-0.3, -0.25) is 0 Å². The first-order valence-corrected chi connectivity index (χ1v) is 3.12. The van der Waals surface area contributed by atoms with Gasteiger partial charge in [-0.05, 0) is 13.0 Å². The molecule has 0 rings (SSSR count). The van der Waals surface area contributed by atoms with E-state index in [-0.39, 0.29) is 8.41 Å². The van der Waals surface area contributed by atoms with Crippen molar-refractivity contribution in [1.82, 2.24) is 0 Å². The summed E-state index contributed by atoms with van der Waals surface area (Å²) in [5.74, 6) is 0. The van der Waals surface area contributed by atoms with Crippen LogP contribution in [-0.4, -0.2) is 15.0 Å². The van der Waals surface area contributed by atoms with Crippen LogP contribution in [0.4, 0.5) is 0 Å². The Labute approximate surface area is 54.2 Å². The van der Waals surface area contributed by atoms with Crippen LogP contribution in [0.5, 0.6) is 0 Å². The van der Waals surface area contributed by atoms with E-state index in [1.54, 1.807) is 0 Å². The summed E-state index contributed by atoms with van der Waals surface area (Å²) in [7, 11) is 0. The van der Waals surface area contributed by atoms with Crippen molar-refractivity contribution in [3.8, 4) is 0 Å². The van der Waals surface area contributed by atoms with E-state index in [4.69, 9.17) is 5.73 Å². The third-order valence-corrected chi connectivity index (χ3v) is 1.06. The van der Waals surface area contributed by atoms with Crippen LogP contribution in [0.3, 0.4) is 0 Å². The minimum atomic E-state index is 0. The van der Waals surface area contributed by atoms with Gasteiger partial charge in [-0.2, -0.15) is 0 Å². The van der Waals surface area contributed by atoms with Crippen molar-refractivity contribution in [2.45, 2.75) is 32.6 Å². The van der Waals surface area contributed by atoms with Crippen molar-refractivity contribution in [1.29, 1.82) is 0 Å². The van der Waals surface area contributed by atoms with Gasteiger partial charge < -0.3 is 5.73 Å². The standard InChI is InChI=1S/C6H15N.B/c1-2-3-4-5-6-7;/h2-7H2,1H3;. The van der Waals surface area contributed by atoms with Crippen LogP contribution in [0.2, 0.25) is 0 Å². The van der Waals surface area contributed by atoms with Crippen LogP contribution in [0.25, 0.3) is 0 Å². The third kappa shape index (κ3) is 9.39. The molecule has 0 fully saturated rings. The second kappa shape index (κ2) is 10.1. The van der Waals surface area contributed by atoms with E-state index >= 15 is 0 Å². The number of hydrogen-bond donors (Lipinski definition) is 1. The SMILES string of the molecule is CCCCCCN.[B]. The second-order valence-corrected chi connectivity index (χ2v) is 1.85. The largest absolute Gasteiger partial charge is 0.330 e. The fraction of sp³-hybridized carbons (Fsp3) is 1.00. The summed E-state index contributed by atoms with van der Waals surface area (Å²) in [5.41, 5.74) is 5.27. The molecule has 0 spiro atoms. The smallest absolute Gasteiger partial charge is 0 e. The van der Waals surface area contributed by atoms with Gasteiger partial charge in [0.05, 0.1) is 0 Å². The zero-order valence-corrected chi connectivity index (χ0v) is 5.69. The van der Waals surface area contributed by atoms with Gasteiger partial charge in [-0.25, -0.2) is 0 Å². The Morgan fingerprint density at radius 2 is 1.75 bits per heavy atom. The highest BCUT2D eigenvalue weighted by molar-refractivity contribution is 5.75. The van der Waals surface area contributed by atoms with Crippen molar-refractivity contribution < 1.29 is 0 Å². The molecule has 1 nitrogen and oxygen atoms in total. The first-order chi connectivity index (χ1) is 3.41. The van der Waals surface area contributed by atoms with Crippen molar-refractivity contribution in [3.63, 3.8) is 0 Å². The maximum absolute atomic E-state index is 5.27. The minimum Gasteiger partial charge on any atom is -0.330 e. The average molecular weight is 112 g/mol. The molecule has 0 aromatic rings. The minimum absolute atomic E-state index is 0. The number of rotatable bonds is 4. The zero-order chi connectivity index (χ0) is 5.54. The van der Waals surface area contributed by atoms with E-state index < -0.39 is 0 Å². The van der Waals surface area contributed by atoms with Gasteiger partial charge in [0.1, 0.15) is 0 Å². The van der Waals surface area contributed by atoms with Crippen LogP contribution < -0.4 is 5.73 Å². The fourth-order valence-electron chi connectivity index (χ4n) is 0.571. The summed E-state index contributed by atoms with van der Waals surface area (Å²) < 4.78 is 0. The van der Waals surface area contributed by atoms with E-state index in [0.29, 0.717) is 0 Å². The van der Waals surface area contributed by atoms with Gasteiger partial charge in [0, 0.05) is 8.41 Å². The van der Waals surface area contributed by atoms with Crippen LogP contribution in [-0.2, 0) is 0 Å². The Bertz CT molecular complexity index is 27.7. The van der Waals surface area contributed by atoms with Gasteiger partial charge in [0.15, 0.2) is 0 Å². The Morgan fingerprint density at radius 3 is 2.12 bits per heavy atom. The van der Waals surface area contributed by atoms with E-state index in [1.807, 2.05) is 0 Å². The van der Waals surface area contributed by atoms with E-state index in [1.165, 1.54) is 25.7 Å². The molecule has 3 radical (unpaired) electrons. The van der Waals surface area contributed by atoms with Gasteiger partial charge >= 0.3 is 0 Å². The number of hydrogen-bond acceptors (Lipinski definition) is 1. The monoisotopic (exact) mass is 112 g/mol. The summed E-state index contributed by atoms with van der Waals surface area (Å²) in [6.45, 7) is 3.07. The highest BCUT2D eigenvalue weighted by atomic mass is 14.5. The summed E-state index contributed by atoms with van der Waals surface area (Å²) in [6.07, 6.45) is 5.16. The highest BCUT2D eigenvalue weighted by Crippen LogP contribution is 1.95. The lowest BCUT2D eigenvalue weighted by atomic mass is 10.2. The predicted molar refractivity (Wildman–Crippen MR) is 39.0 cm³/mol. The van der Waals surface area contributed by atoms with E-state index in [0.717, 1.165) is 6.54 Å². The summed E-state index contributed by atoms with van der Waals surface area (Å²) >= 11 is 0. The van der Waals surface area contributed by atoms with Crippen molar-refractivity contribution in [3.05, 3.63) is 0 Å². The Kier molecular flexibility index (Phi) is 13.8. The molecule has 0 aliphatic carbocycles. The molecule has 0 heterocycles. The molecule has 0 atom stereocenters. The van der Waals surface area contributed by atoms with Gasteiger partial charge in [-0.15, -0.1) is 0 Å².